The van der Waals surface area contributed by atoms with E-state index in [2.05, 4.69) is 56.5 Å². The molecule has 4 heteroatoms. The summed E-state index contributed by atoms with van der Waals surface area (Å²) in [5.41, 5.74) is 3.48. The highest BCUT2D eigenvalue weighted by Crippen LogP contribution is 2.22. The number of nitrogens with one attached hydrogen (secondary N) is 1. The van der Waals surface area contributed by atoms with E-state index in [1.54, 1.807) is 0 Å². The van der Waals surface area contributed by atoms with Crippen LogP contribution in [0.2, 0.25) is 0 Å². The molecule has 0 radical (unpaired) electrons. The Labute approximate surface area is 145 Å². The molecule has 1 N–H and O–H groups in total. The lowest BCUT2D eigenvalue weighted by atomic mass is 10.00. The van der Waals surface area contributed by atoms with Gasteiger partial charge in [-0.05, 0) is 41.8 Å². The summed E-state index contributed by atoms with van der Waals surface area (Å²) in [5, 5.41) is 2.94. The molecule has 1 amide bonds. The van der Waals surface area contributed by atoms with Gasteiger partial charge in [-0.25, -0.2) is 0 Å². The molecule has 1 aliphatic rings. The zero-order valence-electron chi connectivity index (χ0n) is 12.8. The standard InChI is InChI=1S/C19H19BrN2O/c20-17-6-8-18(9-7-17)21-19(23)14-22-12-10-16(11-13-22)15-4-2-1-3-5-15/h1-10H,11-14H2,(H,21,23). The van der Waals surface area contributed by atoms with E-state index in [4.69, 9.17) is 0 Å². The molecule has 0 saturated carbocycles. The zero-order valence-corrected chi connectivity index (χ0v) is 14.4. The van der Waals surface area contributed by atoms with E-state index >= 15 is 0 Å². The Hall–Kier alpha value is -1.91. The van der Waals surface area contributed by atoms with Gasteiger partial charge in [0.1, 0.15) is 0 Å². The minimum Gasteiger partial charge on any atom is -0.325 e. The maximum Gasteiger partial charge on any atom is 0.238 e. The van der Waals surface area contributed by atoms with Gasteiger partial charge in [0.2, 0.25) is 5.91 Å². The van der Waals surface area contributed by atoms with Crippen molar-refractivity contribution in [2.45, 2.75) is 6.42 Å². The van der Waals surface area contributed by atoms with Gasteiger partial charge in [-0.2, -0.15) is 0 Å². The molecule has 0 atom stereocenters. The third kappa shape index (κ3) is 4.53. The van der Waals surface area contributed by atoms with Crippen molar-refractivity contribution >= 4 is 33.1 Å². The van der Waals surface area contributed by atoms with Crippen LogP contribution in [0.3, 0.4) is 0 Å². The number of halogens is 1. The molecule has 23 heavy (non-hydrogen) atoms. The van der Waals surface area contributed by atoms with E-state index in [0.717, 1.165) is 29.7 Å². The van der Waals surface area contributed by atoms with Gasteiger partial charge in [-0.3, -0.25) is 9.69 Å². The quantitative estimate of drug-likeness (QED) is 0.875. The van der Waals surface area contributed by atoms with Crippen LogP contribution >= 0.6 is 15.9 Å². The molecule has 0 unspecified atom stereocenters. The molecule has 0 saturated heterocycles. The number of carbonyl (C=O) groups is 1. The molecule has 3 rings (SSSR count). The van der Waals surface area contributed by atoms with Crippen LogP contribution in [0.15, 0.2) is 65.1 Å². The molecule has 0 spiro atoms. The summed E-state index contributed by atoms with van der Waals surface area (Å²) in [6, 6.07) is 18.1. The van der Waals surface area contributed by atoms with Crippen molar-refractivity contribution < 1.29 is 4.79 Å². The molecule has 2 aromatic carbocycles. The van der Waals surface area contributed by atoms with E-state index in [9.17, 15) is 4.79 Å². The summed E-state index contributed by atoms with van der Waals surface area (Å²) < 4.78 is 1.00. The predicted octanol–water partition coefficient (Wildman–Crippen LogP) is 4.18. The summed E-state index contributed by atoms with van der Waals surface area (Å²) in [7, 11) is 0. The van der Waals surface area contributed by atoms with Crippen molar-refractivity contribution in [1.29, 1.82) is 0 Å². The third-order valence-corrected chi connectivity index (χ3v) is 4.46. The largest absolute Gasteiger partial charge is 0.325 e. The summed E-state index contributed by atoms with van der Waals surface area (Å²) in [6.45, 7) is 2.15. The lowest BCUT2D eigenvalue weighted by Crippen LogP contribution is -2.36. The lowest BCUT2D eigenvalue weighted by molar-refractivity contribution is -0.117. The first kappa shape index (κ1) is 16.0. The molecule has 0 fully saturated rings. The number of benzene rings is 2. The topological polar surface area (TPSA) is 32.3 Å². The summed E-state index contributed by atoms with van der Waals surface area (Å²) in [4.78, 5) is 14.3. The van der Waals surface area contributed by atoms with Crippen LogP contribution in [0, 0.1) is 0 Å². The Kier molecular flexibility index (Phi) is 5.26. The fourth-order valence-electron chi connectivity index (χ4n) is 2.71. The average Bonchev–Trinajstić information content (AvgIpc) is 2.58. The zero-order chi connectivity index (χ0) is 16.1. The van der Waals surface area contributed by atoms with Crippen molar-refractivity contribution in [1.82, 2.24) is 4.90 Å². The van der Waals surface area contributed by atoms with Crippen LogP contribution < -0.4 is 5.32 Å². The molecule has 0 aliphatic carbocycles. The van der Waals surface area contributed by atoms with Crippen molar-refractivity contribution in [2.75, 3.05) is 25.0 Å². The van der Waals surface area contributed by atoms with Gasteiger partial charge in [0.05, 0.1) is 6.54 Å². The normalized spacial score (nSPS) is 15.1. The fourth-order valence-corrected chi connectivity index (χ4v) is 2.97. The minimum absolute atomic E-state index is 0.0314. The molecule has 1 heterocycles. The van der Waals surface area contributed by atoms with Crippen LogP contribution in [-0.4, -0.2) is 30.4 Å². The molecular formula is C19H19BrN2O. The predicted molar refractivity (Wildman–Crippen MR) is 98.2 cm³/mol. The fraction of sp³-hybridized carbons (Fsp3) is 0.211. The van der Waals surface area contributed by atoms with Crippen molar-refractivity contribution in [3.05, 3.63) is 70.7 Å². The van der Waals surface area contributed by atoms with Crippen LogP contribution in [0.4, 0.5) is 5.69 Å². The van der Waals surface area contributed by atoms with Crippen LogP contribution in [0.25, 0.3) is 5.57 Å². The molecule has 3 nitrogen and oxygen atoms in total. The van der Waals surface area contributed by atoms with Gasteiger partial charge in [-0.1, -0.05) is 52.3 Å². The van der Waals surface area contributed by atoms with Gasteiger partial charge in [0, 0.05) is 23.2 Å². The van der Waals surface area contributed by atoms with Crippen LogP contribution in [0.5, 0.6) is 0 Å². The Morgan fingerprint density at radius 3 is 2.48 bits per heavy atom. The Bertz CT molecular complexity index is 695. The smallest absolute Gasteiger partial charge is 0.238 e. The number of rotatable bonds is 4. The maximum absolute atomic E-state index is 12.1. The van der Waals surface area contributed by atoms with Gasteiger partial charge in [-0.15, -0.1) is 0 Å². The van der Waals surface area contributed by atoms with Crippen LogP contribution in [-0.2, 0) is 4.79 Å². The minimum atomic E-state index is 0.0314. The molecule has 1 aliphatic heterocycles. The van der Waals surface area contributed by atoms with E-state index < -0.39 is 0 Å². The summed E-state index contributed by atoms with van der Waals surface area (Å²) in [5.74, 6) is 0.0314. The number of hydrogen-bond donors (Lipinski definition) is 1. The second-order valence-electron chi connectivity index (χ2n) is 5.64. The summed E-state index contributed by atoms with van der Waals surface area (Å²) in [6.07, 6.45) is 3.21. The lowest BCUT2D eigenvalue weighted by Gasteiger charge is -2.25. The molecule has 118 valence electrons. The van der Waals surface area contributed by atoms with Crippen LogP contribution in [0.1, 0.15) is 12.0 Å². The second-order valence-corrected chi connectivity index (χ2v) is 6.55. The third-order valence-electron chi connectivity index (χ3n) is 3.93. The SMILES string of the molecule is O=C(CN1CC=C(c2ccccc2)CC1)Nc1ccc(Br)cc1. The summed E-state index contributed by atoms with van der Waals surface area (Å²) >= 11 is 3.39. The Balaban J connectivity index is 1.53. The first-order valence-corrected chi connectivity index (χ1v) is 8.52. The maximum atomic E-state index is 12.1. The highest BCUT2D eigenvalue weighted by atomic mass is 79.9. The number of amides is 1. The number of anilines is 1. The van der Waals surface area contributed by atoms with Gasteiger partial charge in [0.25, 0.3) is 0 Å². The molecule has 2 aromatic rings. The Morgan fingerprint density at radius 1 is 1.09 bits per heavy atom. The highest BCUT2D eigenvalue weighted by molar-refractivity contribution is 9.10. The van der Waals surface area contributed by atoms with Crippen molar-refractivity contribution in [3.63, 3.8) is 0 Å². The second kappa shape index (κ2) is 7.57. The van der Waals surface area contributed by atoms with E-state index in [1.807, 2.05) is 30.3 Å². The Morgan fingerprint density at radius 2 is 1.83 bits per heavy atom. The average molecular weight is 371 g/mol. The van der Waals surface area contributed by atoms with E-state index in [1.165, 1.54) is 11.1 Å². The number of hydrogen-bond acceptors (Lipinski definition) is 2. The van der Waals surface area contributed by atoms with Crippen molar-refractivity contribution in [3.8, 4) is 0 Å². The molecule has 0 aromatic heterocycles. The van der Waals surface area contributed by atoms with Gasteiger partial charge >= 0.3 is 0 Å². The van der Waals surface area contributed by atoms with Crippen molar-refractivity contribution in [2.24, 2.45) is 0 Å². The number of carbonyl (C=O) groups excluding carboxylic acids is 1. The highest BCUT2D eigenvalue weighted by Gasteiger charge is 2.15. The van der Waals surface area contributed by atoms with Gasteiger partial charge in [0.15, 0.2) is 0 Å². The van der Waals surface area contributed by atoms with E-state index in [0.29, 0.717) is 6.54 Å². The molecular weight excluding hydrogens is 352 g/mol. The first-order valence-electron chi connectivity index (χ1n) is 7.73. The first-order chi connectivity index (χ1) is 11.2. The van der Waals surface area contributed by atoms with E-state index in [-0.39, 0.29) is 5.91 Å². The van der Waals surface area contributed by atoms with Gasteiger partial charge < -0.3 is 5.32 Å². The molecule has 0 bridgehead atoms. The number of nitrogens with zero attached hydrogens (tertiary/aromatic N) is 1. The monoisotopic (exact) mass is 370 g/mol.